The number of aliphatic hydroxyl groups is 1. The summed E-state index contributed by atoms with van der Waals surface area (Å²) in [6.07, 6.45) is 1.59. The average Bonchev–Trinajstić information content (AvgIpc) is 2.97. The van der Waals surface area contributed by atoms with E-state index >= 15 is 0 Å². The summed E-state index contributed by atoms with van der Waals surface area (Å²) in [6.45, 7) is 4.01. The Bertz CT molecular complexity index is 622. The number of nitrogens with one attached hydrogen (secondary N) is 1. The summed E-state index contributed by atoms with van der Waals surface area (Å²) in [4.78, 5) is 13.7. The average molecular weight is 289 g/mol. The van der Waals surface area contributed by atoms with Gasteiger partial charge in [0, 0.05) is 18.7 Å². The van der Waals surface area contributed by atoms with Crippen molar-refractivity contribution < 1.29 is 14.3 Å². The van der Waals surface area contributed by atoms with Gasteiger partial charge in [0.2, 0.25) is 0 Å². The molecular formula is C15H16FN3O2. The number of aromatic nitrogens is 2. The SMILES string of the molecule is C=CCN(CCO)C(=O)c1cc(-c2ccc(F)cc2)n[nH]1. The number of halogens is 1. The van der Waals surface area contributed by atoms with E-state index in [2.05, 4.69) is 16.8 Å². The van der Waals surface area contributed by atoms with Crippen LogP contribution in [0, 0.1) is 5.82 Å². The number of nitrogens with zero attached hydrogens (tertiary/aromatic N) is 2. The van der Waals surface area contributed by atoms with E-state index in [0.717, 1.165) is 0 Å². The molecule has 1 heterocycles. The van der Waals surface area contributed by atoms with E-state index in [0.29, 0.717) is 23.5 Å². The fourth-order valence-electron chi connectivity index (χ4n) is 1.92. The highest BCUT2D eigenvalue weighted by atomic mass is 19.1. The van der Waals surface area contributed by atoms with Crippen molar-refractivity contribution in [2.75, 3.05) is 19.7 Å². The molecule has 0 saturated heterocycles. The van der Waals surface area contributed by atoms with Crippen molar-refractivity contribution in [3.05, 3.63) is 54.5 Å². The van der Waals surface area contributed by atoms with Gasteiger partial charge in [0.15, 0.2) is 0 Å². The highest BCUT2D eigenvalue weighted by molar-refractivity contribution is 5.93. The molecule has 1 amide bonds. The number of aliphatic hydroxyl groups excluding tert-OH is 1. The fourth-order valence-corrected chi connectivity index (χ4v) is 1.92. The molecular weight excluding hydrogens is 273 g/mol. The summed E-state index contributed by atoms with van der Waals surface area (Å²) in [5, 5.41) is 15.7. The first kappa shape index (κ1) is 14.9. The number of benzene rings is 1. The molecule has 0 spiro atoms. The number of aromatic amines is 1. The molecule has 0 aliphatic heterocycles. The van der Waals surface area contributed by atoms with Crippen molar-refractivity contribution in [2.45, 2.75) is 0 Å². The van der Waals surface area contributed by atoms with E-state index in [1.165, 1.54) is 17.0 Å². The molecule has 0 saturated carbocycles. The molecule has 0 fully saturated rings. The molecule has 1 aromatic carbocycles. The van der Waals surface area contributed by atoms with Crippen LogP contribution in [-0.2, 0) is 0 Å². The number of carbonyl (C=O) groups excluding carboxylic acids is 1. The molecule has 2 rings (SSSR count). The van der Waals surface area contributed by atoms with Crippen molar-refractivity contribution in [2.24, 2.45) is 0 Å². The van der Waals surface area contributed by atoms with Crippen molar-refractivity contribution in [1.29, 1.82) is 0 Å². The Hall–Kier alpha value is -2.47. The van der Waals surface area contributed by atoms with Crippen LogP contribution in [0.1, 0.15) is 10.5 Å². The summed E-state index contributed by atoms with van der Waals surface area (Å²) in [7, 11) is 0. The number of amides is 1. The van der Waals surface area contributed by atoms with Gasteiger partial charge in [0.25, 0.3) is 5.91 Å². The molecule has 1 aromatic heterocycles. The van der Waals surface area contributed by atoms with Crippen LogP contribution in [0.15, 0.2) is 43.0 Å². The van der Waals surface area contributed by atoms with E-state index in [1.807, 2.05) is 0 Å². The van der Waals surface area contributed by atoms with Gasteiger partial charge in [-0.15, -0.1) is 6.58 Å². The molecule has 0 bridgehead atoms. The third-order valence-electron chi connectivity index (χ3n) is 2.95. The van der Waals surface area contributed by atoms with Crippen LogP contribution in [0.25, 0.3) is 11.3 Å². The van der Waals surface area contributed by atoms with Crippen LogP contribution in [0.3, 0.4) is 0 Å². The first-order valence-corrected chi connectivity index (χ1v) is 6.48. The zero-order valence-electron chi connectivity index (χ0n) is 11.4. The van der Waals surface area contributed by atoms with Crippen molar-refractivity contribution in [3.63, 3.8) is 0 Å². The topological polar surface area (TPSA) is 69.2 Å². The van der Waals surface area contributed by atoms with Gasteiger partial charge in [-0.2, -0.15) is 5.10 Å². The Kier molecular flexibility index (Phi) is 4.84. The molecule has 0 atom stereocenters. The van der Waals surface area contributed by atoms with Crippen LogP contribution >= 0.6 is 0 Å². The van der Waals surface area contributed by atoms with Crippen LogP contribution in [0.5, 0.6) is 0 Å². The number of hydrogen-bond acceptors (Lipinski definition) is 3. The lowest BCUT2D eigenvalue weighted by Crippen LogP contribution is -2.33. The second kappa shape index (κ2) is 6.81. The number of rotatable bonds is 6. The standard InChI is InChI=1S/C15H16FN3O2/c1-2-7-19(8-9-20)15(21)14-10-13(17-18-14)11-3-5-12(16)6-4-11/h2-6,10,20H,1,7-9H2,(H,17,18). The first-order valence-electron chi connectivity index (χ1n) is 6.48. The molecule has 2 N–H and O–H groups in total. The molecule has 110 valence electrons. The Labute approximate surface area is 121 Å². The fraction of sp³-hybridized carbons (Fsp3) is 0.200. The van der Waals surface area contributed by atoms with Gasteiger partial charge < -0.3 is 10.0 Å². The quantitative estimate of drug-likeness (QED) is 0.797. The van der Waals surface area contributed by atoms with E-state index in [4.69, 9.17) is 5.11 Å². The third kappa shape index (κ3) is 3.55. The molecule has 6 heteroatoms. The van der Waals surface area contributed by atoms with E-state index in [-0.39, 0.29) is 24.9 Å². The summed E-state index contributed by atoms with van der Waals surface area (Å²) in [6, 6.07) is 7.45. The zero-order valence-corrected chi connectivity index (χ0v) is 11.4. The summed E-state index contributed by atoms with van der Waals surface area (Å²) in [5.41, 5.74) is 1.58. The predicted octanol–water partition coefficient (Wildman–Crippen LogP) is 1.84. The number of carbonyl (C=O) groups is 1. The lowest BCUT2D eigenvalue weighted by atomic mass is 10.1. The minimum absolute atomic E-state index is 0.126. The molecule has 5 nitrogen and oxygen atoms in total. The summed E-state index contributed by atoms with van der Waals surface area (Å²) < 4.78 is 12.9. The van der Waals surface area contributed by atoms with Crippen molar-refractivity contribution in [1.82, 2.24) is 15.1 Å². The highest BCUT2D eigenvalue weighted by Gasteiger charge is 2.17. The van der Waals surface area contributed by atoms with Crippen molar-refractivity contribution >= 4 is 5.91 Å². The monoisotopic (exact) mass is 289 g/mol. The summed E-state index contributed by atoms with van der Waals surface area (Å²) in [5.74, 6) is -0.601. The molecule has 0 unspecified atom stereocenters. The Balaban J connectivity index is 2.20. The Morgan fingerprint density at radius 1 is 1.43 bits per heavy atom. The van der Waals surface area contributed by atoms with Crippen LogP contribution in [-0.4, -0.2) is 45.8 Å². The smallest absolute Gasteiger partial charge is 0.272 e. The van der Waals surface area contributed by atoms with Gasteiger partial charge in [0.1, 0.15) is 11.5 Å². The largest absolute Gasteiger partial charge is 0.395 e. The lowest BCUT2D eigenvalue weighted by Gasteiger charge is -2.18. The second-order valence-electron chi connectivity index (χ2n) is 4.44. The van der Waals surface area contributed by atoms with Gasteiger partial charge in [0.05, 0.1) is 12.3 Å². The second-order valence-corrected chi connectivity index (χ2v) is 4.44. The van der Waals surface area contributed by atoms with E-state index in [9.17, 15) is 9.18 Å². The molecule has 0 aliphatic rings. The maximum atomic E-state index is 12.9. The van der Waals surface area contributed by atoms with E-state index in [1.54, 1.807) is 24.3 Å². The predicted molar refractivity (Wildman–Crippen MR) is 77.2 cm³/mol. The van der Waals surface area contributed by atoms with Crippen molar-refractivity contribution in [3.8, 4) is 11.3 Å². The number of hydrogen-bond donors (Lipinski definition) is 2. The normalized spacial score (nSPS) is 10.4. The van der Waals surface area contributed by atoms with Gasteiger partial charge in [-0.05, 0) is 30.3 Å². The number of H-pyrrole nitrogens is 1. The molecule has 0 radical (unpaired) electrons. The maximum Gasteiger partial charge on any atom is 0.272 e. The zero-order chi connectivity index (χ0) is 15.2. The van der Waals surface area contributed by atoms with Gasteiger partial charge in [-0.1, -0.05) is 6.08 Å². The highest BCUT2D eigenvalue weighted by Crippen LogP contribution is 2.18. The van der Waals surface area contributed by atoms with E-state index < -0.39 is 0 Å². The van der Waals surface area contributed by atoms with Gasteiger partial charge in [-0.25, -0.2) is 4.39 Å². The minimum atomic E-state index is -0.328. The van der Waals surface area contributed by atoms with Gasteiger partial charge in [-0.3, -0.25) is 9.89 Å². The molecule has 0 aliphatic carbocycles. The first-order chi connectivity index (χ1) is 10.2. The molecule has 2 aromatic rings. The minimum Gasteiger partial charge on any atom is -0.395 e. The van der Waals surface area contributed by atoms with Gasteiger partial charge >= 0.3 is 0 Å². The van der Waals surface area contributed by atoms with Crippen LogP contribution in [0.2, 0.25) is 0 Å². The molecule has 21 heavy (non-hydrogen) atoms. The maximum absolute atomic E-state index is 12.9. The Morgan fingerprint density at radius 2 is 2.14 bits per heavy atom. The summed E-state index contributed by atoms with van der Waals surface area (Å²) >= 11 is 0. The van der Waals surface area contributed by atoms with Crippen LogP contribution < -0.4 is 0 Å². The Morgan fingerprint density at radius 3 is 2.76 bits per heavy atom. The third-order valence-corrected chi connectivity index (χ3v) is 2.95. The van der Waals surface area contributed by atoms with Crippen LogP contribution in [0.4, 0.5) is 4.39 Å². The lowest BCUT2D eigenvalue weighted by molar-refractivity contribution is 0.0737.